The fourth-order valence-electron chi connectivity index (χ4n) is 9.15. The van der Waals surface area contributed by atoms with Crippen LogP contribution in [-0.4, -0.2) is 37.2 Å². The summed E-state index contributed by atoms with van der Waals surface area (Å²) in [5.74, 6) is -0.920. The van der Waals surface area contributed by atoms with Crippen LogP contribution in [-0.2, 0) is 28.6 Å². The van der Waals surface area contributed by atoms with Crippen LogP contribution < -0.4 is 0 Å². The number of hydrogen-bond acceptors (Lipinski definition) is 6. The number of rotatable bonds is 60. The zero-order valence-electron chi connectivity index (χ0n) is 52.8. The molecule has 1 atom stereocenters. The number of hydrogen-bond donors (Lipinski definition) is 0. The molecule has 0 bridgehead atoms. The Bertz CT molecular complexity index is 1720. The first kappa shape index (κ1) is 76.5. The van der Waals surface area contributed by atoms with E-state index in [-0.39, 0.29) is 31.1 Å². The van der Waals surface area contributed by atoms with Crippen molar-refractivity contribution in [2.75, 3.05) is 13.2 Å². The first-order valence-corrected chi connectivity index (χ1v) is 33.7. The Morgan fingerprint density at radius 1 is 0.259 bits per heavy atom. The quantitative estimate of drug-likeness (QED) is 0.0261. The van der Waals surface area contributed by atoms with Crippen LogP contribution in [0.1, 0.15) is 303 Å². The number of carbonyl (C=O) groups excluding carboxylic acids is 3. The van der Waals surface area contributed by atoms with E-state index in [1.165, 1.54) is 96.3 Å². The van der Waals surface area contributed by atoms with Crippen molar-refractivity contribution >= 4 is 17.9 Å². The second kappa shape index (κ2) is 68.1. The van der Waals surface area contributed by atoms with E-state index in [1.54, 1.807) is 0 Å². The van der Waals surface area contributed by atoms with Crippen LogP contribution in [0.4, 0.5) is 0 Å². The summed E-state index contributed by atoms with van der Waals surface area (Å²) < 4.78 is 16.9. The van der Waals surface area contributed by atoms with Crippen LogP contribution in [0.2, 0.25) is 0 Å². The van der Waals surface area contributed by atoms with Crippen LogP contribution in [0.15, 0.2) is 134 Å². The van der Waals surface area contributed by atoms with Crippen molar-refractivity contribution in [2.45, 2.75) is 309 Å². The van der Waals surface area contributed by atoms with Gasteiger partial charge in [0.15, 0.2) is 6.10 Å². The van der Waals surface area contributed by atoms with Gasteiger partial charge in [-0.05, 0) is 128 Å². The lowest BCUT2D eigenvalue weighted by Gasteiger charge is -2.18. The van der Waals surface area contributed by atoms with Gasteiger partial charge in [-0.3, -0.25) is 14.4 Å². The molecule has 0 heterocycles. The molecule has 0 fully saturated rings. The van der Waals surface area contributed by atoms with Crippen molar-refractivity contribution in [3.8, 4) is 0 Å². The molecule has 1 unspecified atom stereocenters. The molecule has 6 heteroatoms. The van der Waals surface area contributed by atoms with Crippen molar-refractivity contribution < 1.29 is 28.6 Å². The molecule has 0 aromatic heterocycles. The lowest BCUT2D eigenvalue weighted by atomic mass is 10.0. The van der Waals surface area contributed by atoms with Crippen LogP contribution >= 0.6 is 0 Å². The maximum atomic E-state index is 12.9. The highest BCUT2D eigenvalue weighted by Gasteiger charge is 2.19. The lowest BCUT2D eigenvalue weighted by molar-refractivity contribution is -0.167. The molecule has 0 N–H and O–H groups in total. The van der Waals surface area contributed by atoms with Crippen molar-refractivity contribution in [3.05, 3.63) is 134 Å². The van der Waals surface area contributed by atoms with Crippen molar-refractivity contribution in [1.82, 2.24) is 0 Å². The molecule has 81 heavy (non-hydrogen) atoms. The van der Waals surface area contributed by atoms with Gasteiger partial charge in [0, 0.05) is 19.3 Å². The molecule has 0 aromatic rings. The van der Waals surface area contributed by atoms with Gasteiger partial charge >= 0.3 is 17.9 Å². The summed E-state index contributed by atoms with van der Waals surface area (Å²) in [4.78, 5) is 38.4. The summed E-state index contributed by atoms with van der Waals surface area (Å²) in [6, 6.07) is 0. The molecule has 0 radical (unpaired) electrons. The summed E-state index contributed by atoms with van der Waals surface area (Å²) in [5.41, 5.74) is 0. The Balaban J connectivity index is 4.31. The van der Waals surface area contributed by atoms with Gasteiger partial charge in [0.25, 0.3) is 0 Å². The van der Waals surface area contributed by atoms with Crippen LogP contribution in [0, 0.1) is 0 Å². The van der Waals surface area contributed by atoms with Gasteiger partial charge in [0.05, 0.1) is 0 Å². The maximum absolute atomic E-state index is 12.9. The molecule has 0 rings (SSSR count). The summed E-state index contributed by atoms with van der Waals surface area (Å²) in [6.45, 7) is 6.34. The number of allylic oxidation sites excluding steroid dienone is 22. The minimum atomic E-state index is -0.799. The van der Waals surface area contributed by atoms with E-state index in [4.69, 9.17) is 14.2 Å². The van der Waals surface area contributed by atoms with Crippen LogP contribution in [0.25, 0.3) is 0 Å². The highest BCUT2D eigenvalue weighted by molar-refractivity contribution is 5.71. The van der Waals surface area contributed by atoms with Crippen molar-refractivity contribution in [2.24, 2.45) is 0 Å². The molecule has 0 aliphatic rings. The van der Waals surface area contributed by atoms with E-state index >= 15 is 0 Å². The molecule has 0 saturated heterocycles. The summed E-state index contributed by atoms with van der Waals surface area (Å²) >= 11 is 0. The predicted octanol–water partition coefficient (Wildman–Crippen LogP) is 23.3. The fraction of sp³-hybridized carbons (Fsp3) is 0.667. The first-order valence-electron chi connectivity index (χ1n) is 33.7. The normalized spacial score (nSPS) is 13.0. The molecule has 6 nitrogen and oxygen atoms in total. The maximum Gasteiger partial charge on any atom is 0.306 e. The molecule has 460 valence electrons. The molecular formula is C75H124O6. The standard InChI is InChI=1S/C75H124O6/c1-4-7-10-13-16-19-22-25-27-29-31-33-34-35-36-37-38-39-40-42-43-45-47-50-53-56-59-62-65-68-74(77)80-71-72(70-79-73(76)67-64-61-58-55-52-49-24-21-18-15-12-9-6-3)81-75(78)69-66-63-60-57-54-51-48-46-44-41-32-30-28-26-23-20-17-14-11-8-5-2/h7-8,10-12,15-17,19-21,24-28,31-33,41,46,48,72H,4-6,9,13-14,18,22-23,29-30,34-40,42-45,47,49-71H2,1-3H3/b10-7-,11-8-,15-12-,19-16-,20-17-,24-21-,27-25-,28-26-,33-31-,41-32-,48-46-. The van der Waals surface area contributed by atoms with Crippen molar-refractivity contribution in [3.63, 3.8) is 0 Å². The number of carbonyl (C=O) groups is 3. The highest BCUT2D eigenvalue weighted by Crippen LogP contribution is 2.16. The van der Waals surface area contributed by atoms with Gasteiger partial charge in [-0.25, -0.2) is 0 Å². The summed E-state index contributed by atoms with van der Waals surface area (Å²) in [5, 5.41) is 0. The lowest BCUT2D eigenvalue weighted by Crippen LogP contribution is -2.30. The van der Waals surface area contributed by atoms with Crippen LogP contribution in [0.5, 0.6) is 0 Å². The Morgan fingerprint density at radius 2 is 0.481 bits per heavy atom. The van der Waals surface area contributed by atoms with E-state index in [0.717, 1.165) is 167 Å². The van der Waals surface area contributed by atoms with Gasteiger partial charge in [-0.15, -0.1) is 0 Å². The number of ether oxygens (including phenoxy) is 3. The van der Waals surface area contributed by atoms with Gasteiger partial charge in [-0.2, -0.15) is 0 Å². The fourth-order valence-corrected chi connectivity index (χ4v) is 9.15. The monoisotopic (exact) mass is 1120 g/mol. The van der Waals surface area contributed by atoms with Gasteiger partial charge in [0.1, 0.15) is 13.2 Å². The zero-order valence-corrected chi connectivity index (χ0v) is 52.8. The number of esters is 3. The smallest absolute Gasteiger partial charge is 0.306 e. The molecule has 0 aromatic carbocycles. The molecular weight excluding hydrogens is 997 g/mol. The van der Waals surface area contributed by atoms with Crippen LogP contribution in [0.3, 0.4) is 0 Å². The SMILES string of the molecule is CC/C=C\C/C=C\C/C=C\C/C=C\C/C=C\CCCCCCCC(=O)OC(COC(=O)CCCCCCC/C=C\C/C=C\CCC)COC(=O)CCCCCCCCCCCCCCCCCC/C=C\C/C=C\C/C=C\C/C=C\CC. The van der Waals surface area contributed by atoms with E-state index < -0.39 is 6.10 Å². The second-order valence-electron chi connectivity index (χ2n) is 22.0. The van der Waals surface area contributed by atoms with Gasteiger partial charge < -0.3 is 14.2 Å². The van der Waals surface area contributed by atoms with E-state index in [0.29, 0.717) is 19.3 Å². The molecule has 0 saturated carbocycles. The highest BCUT2D eigenvalue weighted by atomic mass is 16.6. The van der Waals surface area contributed by atoms with E-state index in [9.17, 15) is 14.4 Å². The summed E-state index contributed by atoms with van der Waals surface area (Å²) in [7, 11) is 0. The average Bonchev–Trinajstić information content (AvgIpc) is 3.46. The zero-order chi connectivity index (χ0) is 58.5. The van der Waals surface area contributed by atoms with Gasteiger partial charge in [-0.1, -0.05) is 289 Å². The largest absolute Gasteiger partial charge is 0.462 e. The minimum Gasteiger partial charge on any atom is -0.462 e. The van der Waals surface area contributed by atoms with Gasteiger partial charge in [0.2, 0.25) is 0 Å². The molecule has 0 spiro atoms. The van der Waals surface area contributed by atoms with Crippen molar-refractivity contribution in [1.29, 1.82) is 0 Å². The number of unbranched alkanes of at least 4 members (excludes halogenated alkanes) is 27. The Hall–Kier alpha value is -4.45. The Morgan fingerprint density at radius 3 is 0.753 bits per heavy atom. The first-order chi connectivity index (χ1) is 40.0. The molecule has 0 aliphatic heterocycles. The second-order valence-corrected chi connectivity index (χ2v) is 22.0. The molecule has 0 amide bonds. The third-order valence-corrected chi connectivity index (χ3v) is 14.1. The topological polar surface area (TPSA) is 78.9 Å². The van der Waals surface area contributed by atoms with E-state index in [2.05, 4.69) is 154 Å². The third kappa shape index (κ3) is 66.2. The summed E-state index contributed by atoms with van der Waals surface area (Å²) in [6.07, 6.45) is 96.1. The minimum absolute atomic E-state index is 0.0924. The Labute approximate surface area is 500 Å². The third-order valence-electron chi connectivity index (χ3n) is 14.1. The van der Waals surface area contributed by atoms with E-state index in [1.807, 2.05) is 0 Å². The predicted molar refractivity (Wildman–Crippen MR) is 353 cm³/mol. The average molecular weight is 1120 g/mol. The Kier molecular flexibility index (Phi) is 64.3. The molecule has 0 aliphatic carbocycles.